The fraction of sp³-hybridized carbons (Fsp3) is 0.562. The second kappa shape index (κ2) is 8.63. The predicted molar refractivity (Wildman–Crippen MR) is 79.1 cm³/mol. The molecule has 2 atom stereocenters. The molecule has 2 unspecified atom stereocenters. The minimum absolute atomic E-state index is 0.210. The molecule has 1 saturated heterocycles. The van der Waals surface area contributed by atoms with Crippen LogP contribution in [-0.2, 0) is 4.74 Å². The van der Waals surface area contributed by atoms with Crippen LogP contribution in [0.5, 0.6) is 5.75 Å². The maximum atomic E-state index is 9.85. The first-order chi connectivity index (χ1) is 10.3. The predicted octanol–water partition coefficient (Wildman–Crippen LogP) is 1.46. The van der Waals surface area contributed by atoms with Crippen molar-refractivity contribution in [2.45, 2.75) is 31.5 Å². The summed E-state index contributed by atoms with van der Waals surface area (Å²) in [4.78, 5) is 0. The Kier molecular flexibility index (Phi) is 6.48. The minimum Gasteiger partial charge on any atom is -0.491 e. The van der Waals surface area contributed by atoms with Gasteiger partial charge in [0.15, 0.2) is 0 Å². The van der Waals surface area contributed by atoms with E-state index in [-0.39, 0.29) is 6.61 Å². The highest BCUT2D eigenvalue weighted by molar-refractivity contribution is 5.36. The molecule has 0 aliphatic carbocycles. The van der Waals surface area contributed by atoms with E-state index in [9.17, 15) is 5.11 Å². The molecule has 1 fully saturated rings. The van der Waals surface area contributed by atoms with E-state index < -0.39 is 6.10 Å². The lowest BCUT2D eigenvalue weighted by molar-refractivity contribution is 0.0942. The van der Waals surface area contributed by atoms with Gasteiger partial charge < -0.3 is 19.9 Å². The summed E-state index contributed by atoms with van der Waals surface area (Å²) >= 11 is 0. The van der Waals surface area contributed by atoms with Gasteiger partial charge in [-0.2, -0.15) is 5.26 Å². The van der Waals surface area contributed by atoms with Gasteiger partial charge in [0.05, 0.1) is 17.7 Å². The van der Waals surface area contributed by atoms with Crippen molar-refractivity contribution in [3.8, 4) is 11.8 Å². The molecule has 1 aliphatic heterocycles. The van der Waals surface area contributed by atoms with E-state index in [2.05, 4.69) is 11.4 Å². The van der Waals surface area contributed by atoms with Gasteiger partial charge in [0.25, 0.3) is 0 Å². The first kappa shape index (κ1) is 15.8. The fourth-order valence-corrected chi connectivity index (χ4v) is 2.31. The maximum absolute atomic E-state index is 9.85. The molecule has 1 heterocycles. The average molecular weight is 290 g/mol. The highest BCUT2D eigenvalue weighted by atomic mass is 16.5. The summed E-state index contributed by atoms with van der Waals surface area (Å²) in [7, 11) is 0. The van der Waals surface area contributed by atoms with Crippen LogP contribution in [0, 0.1) is 11.3 Å². The Labute approximate surface area is 125 Å². The monoisotopic (exact) mass is 290 g/mol. The van der Waals surface area contributed by atoms with Crippen LogP contribution in [0.3, 0.4) is 0 Å². The number of aliphatic hydroxyl groups is 1. The van der Waals surface area contributed by atoms with Crippen LogP contribution in [0.25, 0.3) is 0 Å². The number of nitrogens with one attached hydrogen (secondary N) is 1. The van der Waals surface area contributed by atoms with Crippen LogP contribution in [0.2, 0.25) is 0 Å². The molecule has 0 bridgehead atoms. The van der Waals surface area contributed by atoms with Crippen molar-refractivity contribution < 1.29 is 14.6 Å². The van der Waals surface area contributed by atoms with E-state index in [0.29, 0.717) is 24.0 Å². The highest BCUT2D eigenvalue weighted by Gasteiger charge is 2.14. The Morgan fingerprint density at radius 3 is 3.19 bits per heavy atom. The molecule has 1 aromatic carbocycles. The van der Waals surface area contributed by atoms with Gasteiger partial charge in [-0.05, 0) is 44.0 Å². The molecule has 0 saturated carbocycles. The highest BCUT2D eigenvalue weighted by Crippen LogP contribution is 2.14. The first-order valence-electron chi connectivity index (χ1n) is 7.41. The van der Waals surface area contributed by atoms with E-state index in [1.165, 1.54) is 0 Å². The van der Waals surface area contributed by atoms with Gasteiger partial charge in [0.2, 0.25) is 0 Å². The number of nitrogens with zero attached hydrogens (tertiary/aromatic N) is 1. The molecule has 114 valence electrons. The molecule has 1 aliphatic rings. The van der Waals surface area contributed by atoms with Crippen LogP contribution < -0.4 is 10.1 Å². The summed E-state index contributed by atoms with van der Waals surface area (Å²) in [6.07, 6.45) is 3.09. The topological polar surface area (TPSA) is 74.5 Å². The number of benzene rings is 1. The molecule has 0 spiro atoms. The largest absolute Gasteiger partial charge is 0.491 e. The Morgan fingerprint density at radius 2 is 2.43 bits per heavy atom. The van der Waals surface area contributed by atoms with Gasteiger partial charge in [-0.1, -0.05) is 6.07 Å². The number of hydrogen-bond acceptors (Lipinski definition) is 5. The van der Waals surface area contributed by atoms with Crippen molar-refractivity contribution in [1.29, 1.82) is 5.26 Å². The van der Waals surface area contributed by atoms with Gasteiger partial charge in [-0.25, -0.2) is 0 Å². The zero-order valence-corrected chi connectivity index (χ0v) is 12.1. The fourth-order valence-electron chi connectivity index (χ4n) is 2.31. The number of aliphatic hydroxyl groups excluding tert-OH is 1. The number of rotatable bonds is 8. The van der Waals surface area contributed by atoms with Crippen molar-refractivity contribution >= 4 is 0 Å². The van der Waals surface area contributed by atoms with Crippen LogP contribution >= 0.6 is 0 Å². The molecular weight excluding hydrogens is 268 g/mol. The van der Waals surface area contributed by atoms with Crippen molar-refractivity contribution in [2.24, 2.45) is 0 Å². The van der Waals surface area contributed by atoms with E-state index in [1.54, 1.807) is 24.3 Å². The summed E-state index contributed by atoms with van der Waals surface area (Å²) in [6, 6.07) is 8.98. The van der Waals surface area contributed by atoms with Crippen molar-refractivity contribution in [2.75, 3.05) is 26.3 Å². The van der Waals surface area contributed by atoms with Crippen molar-refractivity contribution in [3.05, 3.63) is 29.8 Å². The van der Waals surface area contributed by atoms with E-state index in [1.807, 2.05) is 0 Å². The number of ether oxygens (including phenoxy) is 2. The summed E-state index contributed by atoms with van der Waals surface area (Å²) in [5.74, 6) is 0.604. The average Bonchev–Trinajstić information content (AvgIpc) is 3.03. The van der Waals surface area contributed by atoms with Crippen LogP contribution in [0.4, 0.5) is 0 Å². The van der Waals surface area contributed by atoms with Crippen molar-refractivity contribution in [1.82, 2.24) is 5.32 Å². The molecule has 2 rings (SSSR count). The van der Waals surface area contributed by atoms with Gasteiger partial charge in [-0.3, -0.25) is 0 Å². The van der Waals surface area contributed by atoms with E-state index in [0.717, 1.165) is 32.4 Å². The third-order valence-electron chi connectivity index (χ3n) is 3.45. The van der Waals surface area contributed by atoms with E-state index >= 15 is 0 Å². The molecule has 0 aromatic heterocycles. The van der Waals surface area contributed by atoms with Crippen molar-refractivity contribution in [3.63, 3.8) is 0 Å². The summed E-state index contributed by atoms with van der Waals surface area (Å²) < 4.78 is 11.0. The lowest BCUT2D eigenvalue weighted by atomic mass is 10.2. The third kappa shape index (κ3) is 5.72. The van der Waals surface area contributed by atoms with Gasteiger partial charge in [0, 0.05) is 13.2 Å². The Hall–Kier alpha value is -1.61. The second-order valence-electron chi connectivity index (χ2n) is 5.23. The normalized spacial score (nSPS) is 19.1. The maximum Gasteiger partial charge on any atom is 0.120 e. The smallest absolute Gasteiger partial charge is 0.120 e. The molecule has 1 aromatic rings. The standard InChI is InChI=1S/C16H22N2O3/c17-10-13-3-1-4-16(9-13)21-12-14(19)11-18-7-6-15-5-2-8-20-15/h1,3-4,9,14-15,18-19H,2,5-8,11-12H2. The molecule has 0 amide bonds. The molecule has 5 nitrogen and oxygen atoms in total. The quantitative estimate of drug-likeness (QED) is 0.709. The summed E-state index contributed by atoms with van der Waals surface area (Å²) in [5.41, 5.74) is 0.552. The SMILES string of the molecule is N#Cc1cccc(OCC(O)CNCCC2CCCO2)c1. The zero-order valence-electron chi connectivity index (χ0n) is 12.1. The lowest BCUT2D eigenvalue weighted by Crippen LogP contribution is -2.33. The Morgan fingerprint density at radius 1 is 1.52 bits per heavy atom. The summed E-state index contributed by atoms with van der Waals surface area (Å²) in [6.45, 7) is 2.42. The molecule has 5 heteroatoms. The third-order valence-corrected chi connectivity index (χ3v) is 3.45. The van der Waals surface area contributed by atoms with Gasteiger partial charge in [0.1, 0.15) is 18.5 Å². The Balaban J connectivity index is 1.58. The minimum atomic E-state index is -0.569. The lowest BCUT2D eigenvalue weighted by Gasteiger charge is -2.14. The van der Waals surface area contributed by atoms with E-state index in [4.69, 9.17) is 14.7 Å². The summed E-state index contributed by atoms with van der Waals surface area (Å²) in [5, 5.41) is 21.9. The molecule has 21 heavy (non-hydrogen) atoms. The van der Waals surface area contributed by atoms with Crippen LogP contribution in [-0.4, -0.2) is 43.6 Å². The first-order valence-corrected chi connectivity index (χ1v) is 7.41. The number of hydrogen-bond donors (Lipinski definition) is 2. The van der Waals surface area contributed by atoms with Gasteiger partial charge >= 0.3 is 0 Å². The Bertz CT molecular complexity index is 467. The molecule has 2 N–H and O–H groups in total. The number of nitriles is 1. The second-order valence-corrected chi connectivity index (χ2v) is 5.23. The zero-order chi connectivity index (χ0) is 14.9. The van der Waals surface area contributed by atoms with Crippen LogP contribution in [0.1, 0.15) is 24.8 Å². The molecular formula is C16H22N2O3. The molecule has 0 radical (unpaired) electrons. The van der Waals surface area contributed by atoms with Gasteiger partial charge in [-0.15, -0.1) is 0 Å². The van der Waals surface area contributed by atoms with Crippen LogP contribution in [0.15, 0.2) is 24.3 Å².